The van der Waals surface area contributed by atoms with E-state index in [9.17, 15) is 14.4 Å². The quantitative estimate of drug-likeness (QED) is 0.591. The number of hydrogen-bond donors (Lipinski definition) is 4. The van der Waals surface area contributed by atoms with Crippen molar-refractivity contribution in [2.75, 3.05) is 11.9 Å². The highest BCUT2D eigenvalue weighted by Crippen LogP contribution is 2.23. The minimum Gasteiger partial charge on any atom is -0.480 e. The van der Waals surface area contributed by atoms with E-state index < -0.39 is 36.2 Å². The van der Waals surface area contributed by atoms with Gasteiger partial charge in [0.2, 0.25) is 0 Å². The van der Waals surface area contributed by atoms with Crippen molar-refractivity contribution in [3.05, 3.63) is 54.1 Å². The minimum absolute atomic E-state index is 0.262. The second-order valence-electron chi connectivity index (χ2n) is 7.33. The summed E-state index contributed by atoms with van der Waals surface area (Å²) in [6.45, 7) is 4.63. The molecular weight excluding hydrogens is 376 g/mol. The van der Waals surface area contributed by atoms with E-state index in [0.717, 1.165) is 11.1 Å². The van der Waals surface area contributed by atoms with E-state index in [4.69, 9.17) is 14.9 Å². The topological polar surface area (TPSA) is 125 Å². The molecule has 8 heteroatoms. The number of anilines is 1. The number of carbonyl (C=O) groups is 3. The van der Waals surface area contributed by atoms with Crippen LogP contribution in [-0.4, -0.2) is 46.4 Å². The molecule has 1 unspecified atom stereocenters. The first kappa shape index (κ1) is 21.9. The fourth-order valence-corrected chi connectivity index (χ4v) is 2.43. The van der Waals surface area contributed by atoms with Crippen LogP contribution in [0.2, 0.25) is 0 Å². The lowest BCUT2D eigenvalue weighted by Gasteiger charge is -2.19. The first-order valence-electron chi connectivity index (χ1n) is 8.94. The Labute approximate surface area is 168 Å². The fourth-order valence-electron chi connectivity index (χ4n) is 2.43. The van der Waals surface area contributed by atoms with Crippen LogP contribution in [0.25, 0.3) is 11.1 Å². The van der Waals surface area contributed by atoms with Crippen LogP contribution in [0, 0.1) is 0 Å². The predicted octanol–water partition coefficient (Wildman–Crippen LogP) is 2.88. The second-order valence-corrected chi connectivity index (χ2v) is 7.33. The Hall–Kier alpha value is -3.39. The van der Waals surface area contributed by atoms with Gasteiger partial charge >= 0.3 is 12.1 Å². The van der Waals surface area contributed by atoms with Crippen LogP contribution in [0.3, 0.4) is 0 Å². The molecule has 0 aliphatic carbocycles. The standard InChI is InChI=1S/C21H24N2O6/c1-21(2,3)29-20(28)22-16-9-7-13(8-10-16)14-5-4-6-15(11-14)18(25)23-17(12-24)19(26)27/h4-11,17,24H,12H2,1-3H3,(H,22,28)(H,23,25)(H,26,27). The smallest absolute Gasteiger partial charge is 0.412 e. The van der Waals surface area contributed by atoms with Gasteiger partial charge in [0.25, 0.3) is 5.91 Å². The third-order valence-electron chi connectivity index (χ3n) is 3.77. The summed E-state index contributed by atoms with van der Waals surface area (Å²) < 4.78 is 5.20. The highest BCUT2D eigenvalue weighted by atomic mass is 16.6. The Kier molecular flexibility index (Phi) is 6.95. The molecule has 0 saturated heterocycles. The number of hydrogen-bond acceptors (Lipinski definition) is 5. The van der Waals surface area contributed by atoms with Gasteiger partial charge in [0, 0.05) is 11.3 Å². The summed E-state index contributed by atoms with van der Waals surface area (Å²) in [5, 5.41) is 22.9. The van der Waals surface area contributed by atoms with Gasteiger partial charge in [-0.05, 0) is 56.2 Å². The average Bonchev–Trinajstić information content (AvgIpc) is 2.64. The van der Waals surface area contributed by atoms with Crippen molar-refractivity contribution in [3.63, 3.8) is 0 Å². The molecule has 2 aromatic carbocycles. The number of ether oxygens (including phenoxy) is 1. The summed E-state index contributed by atoms with van der Waals surface area (Å²) >= 11 is 0. The molecule has 2 aromatic rings. The van der Waals surface area contributed by atoms with Crippen molar-refractivity contribution in [3.8, 4) is 11.1 Å². The number of carboxylic acid groups (broad SMARTS) is 1. The van der Waals surface area contributed by atoms with Gasteiger partial charge in [-0.3, -0.25) is 10.1 Å². The lowest BCUT2D eigenvalue weighted by Crippen LogP contribution is -2.43. The Bertz CT molecular complexity index is 887. The van der Waals surface area contributed by atoms with Crippen LogP contribution in [-0.2, 0) is 9.53 Å². The number of amides is 2. The number of aliphatic carboxylic acids is 1. The zero-order valence-corrected chi connectivity index (χ0v) is 16.4. The molecule has 0 heterocycles. The molecule has 0 fully saturated rings. The van der Waals surface area contributed by atoms with Gasteiger partial charge in [0.1, 0.15) is 5.60 Å². The summed E-state index contributed by atoms with van der Waals surface area (Å²) in [5.74, 6) is -1.92. The third kappa shape index (κ3) is 6.62. The number of carboxylic acids is 1. The summed E-state index contributed by atoms with van der Waals surface area (Å²) in [5.41, 5.74) is 1.76. The molecule has 154 valence electrons. The number of aliphatic hydroxyl groups excluding tert-OH is 1. The highest BCUT2D eigenvalue weighted by molar-refractivity contribution is 5.97. The van der Waals surface area contributed by atoms with Gasteiger partial charge in [0.05, 0.1) is 6.61 Å². The van der Waals surface area contributed by atoms with Gasteiger partial charge in [-0.2, -0.15) is 0 Å². The highest BCUT2D eigenvalue weighted by Gasteiger charge is 2.20. The van der Waals surface area contributed by atoms with E-state index in [0.29, 0.717) is 5.69 Å². The Morgan fingerprint density at radius 3 is 2.24 bits per heavy atom. The van der Waals surface area contributed by atoms with Crippen LogP contribution < -0.4 is 10.6 Å². The molecule has 0 bridgehead atoms. The van der Waals surface area contributed by atoms with Crippen LogP contribution in [0.5, 0.6) is 0 Å². The van der Waals surface area contributed by atoms with Crippen molar-refractivity contribution < 1.29 is 29.3 Å². The van der Waals surface area contributed by atoms with E-state index in [1.807, 2.05) is 0 Å². The first-order chi connectivity index (χ1) is 13.6. The SMILES string of the molecule is CC(C)(C)OC(=O)Nc1ccc(-c2cccc(C(=O)NC(CO)C(=O)O)c2)cc1. The molecule has 2 amide bonds. The molecular formula is C21H24N2O6. The summed E-state index contributed by atoms with van der Waals surface area (Å²) in [6.07, 6.45) is -0.555. The number of aliphatic hydroxyl groups is 1. The minimum atomic E-state index is -1.37. The van der Waals surface area contributed by atoms with Crippen molar-refractivity contribution in [2.24, 2.45) is 0 Å². The zero-order chi connectivity index (χ0) is 21.6. The predicted molar refractivity (Wildman–Crippen MR) is 108 cm³/mol. The number of nitrogens with one attached hydrogen (secondary N) is 2. The van der Waals surface area contributed by atoms with E-state index in [-0.39, 0.29) is 5.56 Å². The molecule has 0 radical (unpaired) electrons. The zero-order valence-electron chi connectivity index (χ0n) is 16.4. The van der Waals surface area contributed by atoms with Gasteiger partial charge in [-0.25, -0.2) is 9.59 Å². The first-order valence-corrected chi connectivity index (χ1v) is 8.94. The maximum absolute atomic E-state index is 12.2. The molecule has 29 heavy (non-hydrogen) atoms. The van der Waals surface area contributed by atoms with Gasteiger partial charge < -0.3 is 20.3 Å². The van der Waals surface area contributed by atoms with Crippen molar-refractivity contribution in [1.29, 1.82) is 0 Å². The summed E-state index contributed by atoms with van der Waals surface area (Å²) in [7, 11) is 0. The molecule has 4 N–H and O–H groups in total. The van der Waals surface area contributed by atoms with Crippen LogP contribution >= 0.6 is 0 Å². The molecule has 1 atom stereocenters. The lowest BCUT2D eigenvalue weighted by atomic mass is 10.0. The maximum Gasteiger partial charge on any atom is 0.412 e. The third-order valence-corrected chi connectivity index (χ3v) is 3.77. The van der Waals surface area contributed by atoms with Crippen molar-refractivity contribution in [1.82, 2.24) is 5.32 Å². The Morgan fingerprint density at radius 1 is 1.03 bits per heavy atom. The van der Waals surface area contributed by atoms with Gasteiger partial charge in [0.15, 0.2) is 6.04 Å². The monoisotopic (exact) mass is 400 g/mol. The second kappa shape index (κ2) is 9.20. The maximum atomic E-state index is 12.2. The fraction of sp³-hybridized carbons (Fsp3) is 0.286. The van der Waals surface area contributed by atoms with Crippen LogP contribution in [0.4, 0.5) is 10.5 Å². The van der Waals surface area contributed by atoms with Crippen molar-refractivity contribution >= 4 is 23.7 Å². The van der Waals surface area contributed by atoms with Crippen LogP contribution in [0.1, 0.15) is 31.1 Å². The normalized spacial score (nSPS) is 12.0. The molecule has 0 saturated carbocycles. The number of rotatable bonds is 6. The lowest BCUT2D eigenvalue weighted by molar-refractivity contribution is -0.140. The molecule has 0 aromatic heterocycles. The summed E-state index contributed by atoms with van der Waals surface area (Å²) in [6, 6.07) is 12.2. The van der Waals surface area contributed by atoms with Gasteiger partial charge in [-0.1, -0.05) is 24.3 Å². The number of carbonyl (C=O) groups excluding carboxylic acids is 2. The summed E-state index contributed by atoms with van der Waals surface area (Å²) in [4.78, 5) is 35.0. The largest absolute Gasteiger partial charge is 0.480 e. The van der Waals surface area contributed by atoms with Crippen molar-refractivity contribution in [2.45, 2.75) is 32.4 Å². The van der Waals surface area contributed by atoms with E-state index in [1.54, 1.807) is 69.3 Å². The van der Waals surface area contributed by atoms with Gasteiger partial charge in [-0.15, -0.1) is 0 Å². The van der Waals surface area contributed by atoms with Crippen LogP contribution in [0.15, 0.2) is 48.5 Å². The average molecular weight is 400 g/mol. The Balaban J connectivity index is 2.11. The van der Waals surface area contributed by atoms with E-state index >= 15 is 0 Å². The Morgan fingerprint density at radius 2 is 1.69 bits per heavy atom. The molecule has 8 nitrogen and oxygen atoms in total. The molecule has 0 aliphatic rings. The molecule has 0 spiro atoms. The van der Waals surface area contributed by atoms with E-state index in [2.05, 4.69) is 10.6 Å². The molecule has 2 rings (SSSR count). The number of benzene rings is 2. The molecule has 0 aliphatic heterocycles. The van der Waals surface area contributed by atoms with E-state index in [1.165, 1.54) is 0 Å².